The zero-order chi connectivity index (χ0) is 15.2. The van der Waals surface area contributed by atoms with Crippen molar-refractivity contribution in [1.29, 1.82) is 0 Å². The summed E-state index contributed by atoms with van der Waals surface area (Å²) in [7, 11) is 1.91. The number of carbonyl (C=O) groups is 1. The highest BCUT2D eigenvalue weighted by atomic mass is 16.6. The Hall–Kier alpha value is -1.79. The minimum atomic E-state index is -0.469. The fourth-order valence-corrected chi connectivity index (χ4v) is 2.56. The van der Waals surface area contributed by atoms with Gasteiger partial charge in [-0.1, -0.05) is 0 Å². The van der Waals surface area contributed by atoms with Crippen molar-refractivity contribution in [2.75, 3.05) is 33.4 Å². The van der Waals surface area contributed by atoms with E-state index in [1.807, 2.05) is 11.9 Å². The van der Waals surface area contributed by atoms with Gasteiger partial charge < -0.3 is 4.74 Å². The number of Topliss-reactive ketones (excluding diaryl/α,β-unsaturated/α-hetero) is 1. The van der Waals surface area contributed by atoms with Gasteiger partial charge in [-0.2, -0.15) is 0 Å². The first-order valence-electron chi connectivity index (χ1n) is 7.10. The Bertz CT molecular complexity index is 495. The lowest BCUT2D eigenvalue weighted by atomic mass is 10.0. The van der Waals surface area contributed by atoms with Crippen LogP contribution in [0.15, 0.2) is 24.3 Å². The Morgan fingerprint density at radius 2 is 2.14 bits per heavy atom. The molecule has 0 N–H and O–H groups in total. The molecule has 0 amide bonds. The molecule has 0 aromatic heterocycles. The Balaban J connectivity index is 1.86. The zero-order valence-corrected chi connectivity index (χ0v) is 12.2. The van der Waals surface area contributed by atoms with E-state index in [-0.39, 0.29) is 11.5 Å². The second-order valence-electron chi connectivity index (χ2n) is 5.51. The maximum Gasteiger partial charge on any atom is 0.269 e. The third-order valence-corrected chi connectivity index (χ3v) is 3.64. The number of non-ortho nitro benzene ring substituents is 1. The molecule has 2 rings (SSSR count). The molecule has 1 atom stereocenters. The predicted molar refractivity (Wildman–Crippen MR) is 78.5 cm³/mol. The first-order valence-corrected chi connectivity index (χ1v) is 7.10. The summed E-state index contributed by atoms with van der Waals surface area (Å²) in [6.45, 7) is 2.74. The van der Waals surface area contributed by atoms with Crippen LogP contribution >= 0.6 is 0 Å². The molecule has 1 unspecified atom stereocenters. The highest BCUT2D eigenvalue weighted by molar-refractivity contribution is 5.97. The van der Waals surface area contributed by atoms with Crippen LogP contribution in [-0.4, -0.2) is 49.0 Å². The smallest absolute Gasteiger partial charge is 0.269 e. The molecule has 6 heteroatoms. The molecule has 1 saturated heterocycles. The van der Waals surface area contributed by atoms with Gasteiger partial charge >= 0.3 is 0 Å². The predicted octanol–water partition coefficient (Wildman–Crippen LogP) is 2.14. The molecule has 1 fully saturated rings. The average Bonchev–Trinajstić information content (AvgIpc) is 2.48. The standard InChI is InChI=1S/C15H20N2O4/c1-16(9-12-3-2-8-21-11-12)10-15(18)13-4-6-14(7-5-13)17(19)20/h4-7,12H,2-3,8-11H2,1H3. The van der Waals surface area contributed by atoms with E-state index in [9.17, 15) is 14.9 Å². The molecule has 6 nitrogen and oxygen atoms in total. The largest absolute Gasteiger partial charge is 0.381 e. The Morgan fingerprint density at radius 3 is 2.71 bits per heavy atom. The van der Waals surface area contributed by atoms with Gasteiger partial charge in [-0.25, -0.2) is 0 Å². The van der Waals surface area contributed by atoms with Crippen molar-refractivity contribution in [1.82, 2.24) is 4.90 Å². The van der Waals surface area contributed by atoms with Gasteiger partial charge in [0.1, 0.15) is 0 Å². The molecule has 0 aliphatic carbocycles. The number of benzene rings is 1. The molecular weight excluding hydrogens is 272 g/mol. The zero-order valence-electron chi connectivity index (χ0n) is 12.2. The van der Waals surface area contributed by atoms with E-state index in [0.717, 1.165) is 32.6 Å². The van der Waals surface area contributed by atoms with E-state index in [1.165, 1.54) is 24.3 Å². The van der Waals surface area contributed by atoms with Crippen molar-refractivity contribution in [3.8, 4) is 0 Å². The fourth-order valence-electron chi connectivity index (χ4n) is 2.56. The maximum absolute atomic E-state index is 12.1. The Kier molecular flexibility index (Phi) is 5.41. The second-order valence-corrected chi connectivity index (χ2v) is 5.51. The summed E-state index contributed by atoms with van der Waals surface area (Å²) in [6.07, 6.45) is 2.21. The monoisotopic (exact) mass is 292 g/mol. The van der Waals surface area contributed by atoms with Gasteiger partial charge in [0.15, 0.2) is 5.78 Å². The molecule has 0 radical (unpaired) electrons. The topological polar surface area (TPSA) is 72.7 Å². The van der Waals surface area contributed by atoms with E-state index in [1.54, 1.807) is 0 Å². The summed E-state index contributed by atoms with van der Waals surface area (Å²) in [4.78, 5) is 24.2. The van der Waals surface area contributed by atoms with Crippen LogP contribution in [0.5, 0.6) is 0 Å². The van der Waals surface area contributed by atoms with Gasteiger partial charge in [0.05, 0.1) is 18.1 Å². The Labute approximate surface area is 123 Å². The van der Waals surface area contributed by atoms with Gasteiger partial charge in [-0.15, -0.1) is 0 Å². The van der Waals surface area contributed by atoms with E-state index in [0.29, 0.717) is 18.0 Å². The van der Waals surface area contributed by atoms with Crippen LogP contribution in [-0.2, 0) is 4.74 Å². The van der Waals surface area contributed by atoms with Gasteiger partial charge in [0.25, 0.3) is 5.69 Å². The molecule has 1 heterocycles. The van der Waals surface area contributed by atoms with E-state index >= 15 is 0 Å². The average molecular weight is 292 g/mol. The Morgan fingerprint density at radius 1 is 1.43 bits per heavy atom. The van der Waals surface area contributed by atoms with Gasteiger partial charge in [0.2, 0.25) is 0 Å². The van der Waals surface area contributed by atoms with Crippen LogP contribution < -0.4 is 0 Å². The first kappa shape index (κ1) is 15.6. The van der Waals surface area contributed by atoms with Crippen LogP contribution in [0, 0.1) is 16.0 Å². The lowest BCUT2D eigenvalue weighted by Crippen LogP contribution is -2.34. The van der Waals surface area contributed by atoms with E-state index < -0.39 is 4.92 Å². The minimum absolute atomic E-state index is 0.000686. The lowest BCUT2D eigenvalue weighted by molar-refractivity contribution is -0.384. The molecule has 1 aromatic carbocycles. The summed E-state index contributed by atoms with van der Waals surface area (Å²) in [5, 5.41) is 10.6. The summed E-state index contributed by atoms with van der Waals surface area (Å²) in [5.74, 6) is 0.456. The summed E-state index contributed by atoms with van der Waals surface area (Å²) in [5.41, 5.74) is 0.506. The number of nitro groups is 1. The number of nitrogens with zero attached hydrogens (tertiary/aromatic N) is 2. The highest BCUT2D eigenvalue weighted by Gasteiger charge is 2.18. The minimum Gasteiger partial charge on any atom is -0.381 e. The molecule has 21 heavy (non-hydrogen) atoms. The van der Waals surface area contributed by atoms with Gasteiger partial charge in [-0.3, -0.25) is 19.8 Å². The van der Waals surface area contributed by atoms with E-state index in [4.69, 9.17) is 4.74 Å². The van der Waals surface area contributed by atoms with Crippen molar-refractivity contribution in [3.63, 3.8) is 0 Å². The van der Waals surface area contributed by atoms with Crippen LogP contribution in [0.2, 0.25) is 0 Å². The molecule has 1 aromatic rings. The van der Waals surface area contributed by atoms with Crippen LogP contribution in [0.1, 0.15) is 23.2 Å². The number of nitro benzene ring substituents is 1. The number of ether oxygens (including phenoxy) is 1. The molecule has 0 bridgehead atoms. The number of rotatable bonds is 6. The molecule has 114 valence electrons. The fraction of sp³-hybridized carbons (Fsp3) is 0.533. The molecule has 1 aliphatic rings. The van der Waals surface area contributed by atoms with Crippen molar-refractivity contribution in [2.24, 2.45) is 5.92 Å². The van der Waals surface area contributed by atoms with Crippen molar-refractivity contribution >= 4 is 11.5 Å². The lowest BCUT2D eigenvalue weighted by Gasteiger charge is -2.26. The number of likely N-dealkylation sites (N-methyl/N-ethyl adjacent to an activating group) is 1. The number of ketones is 1. The summed E-state index contributed by atoms with van der Waals surface area (Å²) in [6, 6.07) is 5.75. The number of hydrogen-bond acceptors (Lipinski definition) is 5. The summed E-state index contributed by atoms with van der Waals surface area (Å²) >= 11 is 0. The second kappa shape index (κ2) is 7.28. The van der Waals surface area contributed by atoms with E-state index in [2.05, 4.69) is 0 Å². The third kappa shape index (κ3) is 4.61. The molecular formula is C15H20N2O4. The van der Waals surface area contributed by atoms with Crippen LogP contribution in [0.25, 0.3) is 0 Å². The highest BCUT2D eigenvalue weighted by Crippen LogP contribution is 2.15. The maximum atomic E-state index is 12.1. The van der Waals surface area contributed by atoms with Crippen molar-refractivity contribution < 1.29 is 14.5 Å². The van der Waals surface area contributed by atoms with Crippen molar-refractivity contribution in [2.45, 2.75) is 12.8 Å². The quantitative estimate of drug-likeness (QED) is 0.456. The molecule has 0 saturated carbocycles. The van der Waals surface area contributed by atoms with Crippen LogP contribution in [0.4, 0.5) is 5.69 Å². The number of carbonyl (C=O) groups excluding carboxylic acids is 1. The van der Waals surface area contributed by atoms with Crippen molar-refractivity contribution in [3.05, 3.63) is 39.9 Å². The number of hydrogen-bond donors (Lipinski definition) is 0. The molecule has 0 spiro atoms. The van der Waals surface area contributed by atoms with Gasteiger partial charge in [0, 0.05) is 30.8 Å². The SMILES string of the molecule is CN(CC(=O)c1ccc([N+](=O)[O-])cc1)CC1CCCOC1. The third-order valence-electron chi connectivity index (χ3n) is 3.64. The molecule has 1 aliphatic heterocycles. The van der Waals surface area contributed by atoms with Crippen LogP contribution in [0.3, 0.4) is 0 Å². The first-order chi connectivity index (χ1) is 10.1. The normalized spacial score (nSPS) is 18.7. The summed E-state index contributed by atoms with van der Waals surface area (Å²) < 4.78 is 5.43. The van der Waals surface area contributed by atoms with Gasteiger partial charge in [-0.05, 0) is 37.9 Å².